The molecule has 6 rings (SSSR count). The molecule has 3 aromatic heterocycles. The third-order valence-corrected chi connectivity index (χ3v) is 8.42. The van der Waals surface area contributed by atoms with E-state index in [1.54, 1.807) is 34.2 Å². The lowest BCUT2D eigenvalue weighted by Gasteiger charge is -2.18. The number of carbonyl (C=O) groups is 2. The number of urea groups is 2. The van der Waals surface area contributed by atoms with Crippen LogP contribution in [0.5, 0.6) is 0 Å². The number of pyridine rings is 1. The van der Waals surface area contributed by atoms with E-state index in [0.29, 0.717) is 18.8 Å². The van der Waals surface area contributed by atoms with E-state index in [-0.39, 0.29) is 6.03 Å². The quantitative estimate of drug-likeness (QED) is 0.290. The highest BCUT2D eigenvalue weighted by atomic mass is 32.2. The second-order valence-corrected chi connectivity index (χ2v) is 10.6. The largest absolute Gasteiger partial charge is 0.333 e. The first-order chi connectivity index (χ1) is 18.1. The van der Waals surface area contributed by atoms with Gasteiger partial charge in [0.1, 0.15) is 5.82 Å². The van der Waals surface area contributed by atoms with Crippen LogP contribution in [-0.2, 0) is 7.05 Å². The number of benzene rings is 2. The zero-order chi connectivity index (χ0) is 25.4. The molecular weight excluding hydrogens is 504 g/mol. The van der Waals surface area contributed by atoms with Crippen molar-refractivity contribution in [1.29, 1.82) is 0 Å². The third kappa shape index (κ3) is 4.56. The number of carbonyl (C=O) groups excluding carboxylic acids is 2. The fourth-order valence-corrected chi connectivity index (χ4v) is 6.37. The predicted molar refractivity (Wildman–Crippen MR) is 147 cm³/mol. The number of amides is 4. The van der Waals surface area contributed by atoms with Crippen molar-refractivity contribution in [2.24, 2.45) is 7.05 Å². The molecule has 8 nitrogen and oxygen atoms in total. The Morgan fingerprint density at radius 3 is 2.57 bits per heavy atom. The SMILES string of the molecule is Cn1ccnc1-c1cc2nccc(Sc3ccc(NC(=O)N4CCN(c5ccccc5)C4=O)cc3)c2s1. The van der Waals surface area contributed by atoms with Crippen molar-refractivity contribution in [3.63, 3.8) is 0 Å². The molecule has 0 spiro atoms. The standard InChI is InChI=1S/C27H22N6O2S2/c1-31-14-13-29-25(31)23-17-21-24(37-23)22(11-12-28-21)36-20-9-7-18(8-10-20)30-26(34)33-16-15-32(27(33)35)19-5-3-2-4-6-19/h2-14,17H,15-16H2,1H3,(H,30,34). The number of hydrogen-bond acceptors (Lipinski definition) is 6. The Hall–Kier alpha value is -4.15. The molecule has 4 heterocycles. The van der Waals surface area contributed by atoms with Gasteiger partial charge in [-0.3, -0.25) is 9.88 Å². The molecular formula is C27H22N6O2S2. The van der Waals surface area contributed by atoms with Crippen LogP contribution in [0.3, 0.4) is 0 Å². The van der Waals surface area contributed by atoms with Crippen LogP contribution in [0, 0.1) is 0 Å². The molecule has 10 heteroatoms. The number of aryl methyl sites for hydroxylation is 1. The van der Waals surface area contributed by atoms with Crippen LogP contribution in [0.2, 0.25) is 0 Å². The minimum Gasteiger partial charge on any atom is -0.333 e. The topological polar surface area (TPSA) is 83.4 Å². The van der Waals surface area contributed by atoms with Gasteiger partial charge in [0, 0.05) is 53.3 Å². The fourth-order valence-electron chi connectivity index (χ4n) is 4.21. The van der Waals surface area contributed by atoms with Gasteiger partial charge in [-0.2, -0.15) is 0 Å². The van der Waals surface area contributed by atoms with Gasteiger partial charge in [-0.05, 0) is 48.5 Å². The van der Waals surface area contributed by atoms with Crippen LogP contribution in [0.25, 0.3) is 20.9 Å². The van der Waals surface area contributed by atoms with E-state index in [0.717, 1.165) is 36.4 Å². The van der Waals surface area contributed by atoms with Crippen LogP contribution in [0.15, 0.2) is 95.1 Å². The van der Waals surface area contributed by atoms with Crippen molar-refractivity contribution in [2.75, 3.05) is 23.3 Å². The smallest absolute Gasteiger partial charge is 0.332 e. The van der Waals surface area contributed by atoms with E-state index in [2.05, 4.69) is 21.4 Å². The zero-order valence-corrected chi connectivity index (χ0v) is 21.5. The van der Waals surface area contributed by atoms with Crippen LogP contribution in [0.1, 0.15) is 0 Å². The van der Waals surface area contributed by atoms with Crippen molar-refractivity contribution in [3.8, 4) is 10.7 Å². The van der Waals surface area contributed by atoms with Gasteiger partial charge in [0.2, 0.25) is 0 Å². The normalized spacial score (nSPS) is 13.5. The monoisotopic (exact) mass is 526 g/mol. The fraction of sp³-hybridized carbons (Fsp3) is 0.111. The first kappa shape index (κ1) is 23.3. The molecule has 0 aliphatic carbocycles. The van der Waals surface area contributed by atoms with Crippen molar-refractivity contribution < 1.29 is 9.59 Å². The van der Waals surface area contributed by atoms with E-state index >= 15 is 0 Å². The first-order valence-corrected chi connectivity index (χ1v) is 13.3. The second-order valence-electron chi connectivity index (χ2n) is 8.47. The molecule has 2 aromatic carbocycles. The first-order valence-electron chi connectivity index (χ1n) is 11.7. The molecule has 1 aliphatic rings. The average molecular weight is 527 g/mol. The van der Waals surface area contributed by atoms with E-state index in [1.165, 1.54) is 4.90 Å². The lowest BCUT2D eigenvalue weighted by Crippen LogP contribution is -2.39. The summed E-state index contributed by atoms with van der Waals surface area (Å²) in [5, 5.41) is 2.84. The van der Waals surface area contributed by atoms with Gasteiger partial charge in [0.05, 0.1) is 21.6 Å². The summed E-state index contributed by atoms with van der Waals surface area (Å²) < 4.78 is 3.11. The summed E-state index contributed by atoms with van der Waals surface area (Å²) in [7, 11) is 1.98. The van der Waals surface area contributed by atoms with Gasteiger partial charge in [-0.25, -0.2) is 19.5 Å². The minimum absolute atomic E-state index is 0.321. The lowest BCUT2D eigenvalue weighted by molar-refractivity contribution is 0.209. The highest BCUT2D eigenvalue weighted by Gasteiger charge is 2.34. The van der Waals surface area contributed by atoms with Crippen LogP contribution >= 0.6 is 23.1 Å². The summed E-state index contributed by atoms with van der Waals surface area (Å²) in [5.41, 5.74) is 2.36. The van der Waals surface area contributed by atoms with Gasteiger partial charge in [0.25, 0.3) is 0 Å². The van der Waals surface area contributed by atoms with Crippen LogP contribution in [0.4, 0.5) is 21.0 Å². The number of hydrogen-bond donors (Lipinski definition) is 1. The highest BCUT2D eigenvalue weighted by molar-refractivity contribution is 7.99. The molecule has 0 saturated carbocycles. The molecule has 0 bridgehead atoms. The number of thiophene rings is 1. The molecule has 37 heavy (non-hydrogen) atoms. The Morgan fingerprint density at radius 2 is 1.81 bits per heavy atom. The Morgan fingerprint density at radius 1 is 1.00 bits per heavy atom. The van der Waals surface area contributed by atoms with Gasteiger partial charge >= 0.3 is 12.1 Å². The molecule has 0 radical (unpaired) electrons. The molecule has 1 aliphatic heterocycles. The van der Waals surface area contributed by atoms with Crippen LogP contribution in [-0.4, -0.2) is 44.6 Å². The van der Waals surface area contributed by atoms with Gasteiger partial charge < -0.3 is 9.88 Å². The minimum atomic E-state index is -0.430. The molecule has 184 valence electrons. The Labute approximate surface area is 221 Å². The Bertz CT molecular complexity index is 1600. The molecule has 0 unspecified atom stereocenters. The predicted octanol–water partition coefficient (Wildman–Crippen LogP) is 6.32. The van der Waals surface area contributed by atoms with Gasteiger partial charge in [-0.15, -0.1) is 11.3 Å². The summed E-state index contributed by atoms with van der Waals surface area (Å²) in [4.78, 5) is 40.6. The van der Waals surface area contributed by atoms with E-state index < -0.39 is 6.03 Å². The summed E-state index contributed by atoms with van der Waals surface area (Å²) in [6.07, 6.45) is 5.55. The number of nitrogens with zero attached hydrogens (tertiary/aromatic N) is 5. The zero-order valence-electron chi connectivity index (χ0n) is 19.9. The Kier molecular flexibility index (Phi) is 6.11. The number of para-hydroxylation sites is 1. The lowest BCUT2D eigenvalue weighted by atomic mass is 10.3. The number of fused-ring (bicyclic) bond motifs is 1. The summed E-state index contributed by atoms with van der Waals surface area (Å²) in [5.74, 6) is 0.919. The van der Waals surface area contributed by atoms with E-state index in [4.69, 9.17) is 0 Å². The third-order valence-electron chi connectivity index (χ3n) is 6.07. The van der Waals surface area contributed by atoms with Crippen LogP contribution < -0.4 is 10.2 Å². The number of aromatic nitrogens is 3. The van der Waals surface area contributed by atoms with Crippen molar-refractivity contribution in [3.05, 3.63) is 85.3 Å². The number of imide groups is 1. The number of anilines is 2. The number of imidazole rings is 1. The maximum absolute atomic E-state index is 12.8. The van der Waals surface area contributed by atoms with Gasteiger partial charge in [-0.1, -0.05) is 30.0 Å². The summed E-state index contributed by atoms with van der Waals surface area (Å²) >= 11 is 3.32. The van der Waals surface area contributed by atoms with E-state index in [1.807, 2.05) is 84.7 Å². The molecule has 1 N–H and O–H groups in total. The van der Waals surface area contributed by atoms with Gasteiger partial charge in [0.15, 0.2) is 0 Å². The van der Waals surface area contributed by atoms with Crippen molar-refractivity contribution >= 4 is 56.8 Å². The molecule has 1 saturated heterocycles. The summed E-state index contributed by atoms with van der Waals surface area (Å²) in [6, 6.07) is 20.3. The van der Waals surface area contributed by atoms with Crippen molar-refractivity contribution in [2.45, 2.75) is 9.79 Å². The molecule has 4 amide bonds. The maximum atomic E-state index is 12.8. The number of rotatable bonds is 5. The number of nitrogens with one attached hydrogen (secondary N) is 1. The average Bonchev–Trinajstić information content (AvgIpc) is 3.64. The summed E-state index contributed by atoms with van der Waals surface area (Å²) in [6.45, 7) is 0.809. The molecule has 5 aromatic rings. The Balaban J connectivity index is 1.14. The maximum Gasteiger partial charge on any atom is 0.332 e. The molecule has 1 fully saturated rings. The second kappa shape index (κ2) is 9.72. The highest BCUT2D eigenvalue weighted by Crippen LogP contribution is 2.40. The van der Waals surface area contributed by atoms with E-state index in [9.17, 15) is 9.59 Å². The van der Waals surface area contributed by atoms with Crippen molar-refractivity contribution in [1.82, 2.24) is 19.4 Å². The molecule has 0 atom stereocenters.